The molecule has 35 heavy (non-hydrogen) atoms. The second-order valence-electron chi connectivity index (χ2n) is 7.69. The molecule has 2 aromatic rings. The van der Waals surface area contributed by atoms with Crippen molar-refractivity contribution in [1.82, 2.24) is 10.2 Å². The number of nitrogens with zero attached hydrogens (tertiary/aromatic N) is 2. The maximum absolute atomic E-state index is 13.3. The Morgan fingerprint density at radius 1 is 1.06 bits per heavy atom. The van der Waals surface area contributed by atoms with Gasteiger partial charge in [0, 0.05) is 13.1 Å². The van der Waals surface area contributed by atoms with Crippen LogP contribution in [0.1, 0.15) is 24.8 Å². The molecule has 1 aliphatic rings. The van der Waals surface area contributed by atoms with Crippen molar-refractivity contribution < 1.29 is 35.9 Å². The molecule has 1 N–H and O–H groups in total. The highest BCUT2D eigenvalue weighted by Crippen LogP contribution is 2.37. The van der Waals surface area contributed by atoms with Gasteiger partial charge in [0.05, 0.1) is 21.2 Å². The molecule has 2 amide bonds. The summed E-state index contributed by atoms with van der Waals surface area (Å²) in [5.74, 6) is -0.913. The average Bonchev–Trinajstić information content (AvgIpc) is 2.83. The lowest BCUT2D eigenvalue weighted by molar-refractivity contribution is -0.137. The van der Waals surface area contributed by atoms with Gasteiger partial charge in [-0.05, 0) is 49.6 Å². The van der Waals surface area contributed by atoms with Crippen molar-refractivity contribution in [2.24, 2.45) is 0 Å². The Morgan fingerprint density at radius 2 is 1.71 bits per heavy atom. The number of hydrogen-bond acceptors (Lipinski definition) is 5. The Labute approximate surface area is 205 Å². The zero-order chi connectivity index (χ0) is 25.6. The van der Waals surface area contributed by atoms with Crippen LogP contribution in [-0.2, 0) is 25.7 Å². The zero-order valence-corrected chi connectivity index (χ0v) is 20.0. The maximum Gasteiger partial charge on any atom is 0.416 e. The molecular formula is C22H23ClF3N3O5S. The Bertz CT molecular complexity index is 1160. The highest BCUT2D eigenvalue weighted by molar-refractivity contribution is 7.92. The lowest BCUT2D eigenvalue weighted by Gasteiger charge is -2.27. The number of benzene rings is 2. The molecule has 13 heteroatoms. The van der Waals surface area contributed by atoms with Crippen LogP contribution in [0.25, 0.3) is 0 Å². The number of ether oxygens (including phenoxy) is 1. The molecule has 2 aromatic carbocycles. The number of nitrogens with one attached hydrogen (secondary N) is 1. The molecule has 0 aliphatic carbocycles. The van der Waals surface area contributed by atoms with E-state index in [0.717, 1.165) is 25.3 Å². The number of piperidine rings is 1. The van der Waals surface area contributed by atoms with Crippen LogP contribution in [0.15, 0.2) is 53.4 Å². The summed E-state index contributed by atoms with van der Waals surface area (Å²) in [5, 5.41) is 1.96. The van der Waals surface area contributed by atoms with Crippen molar-refractivity contribution in [3.8, 4) is 0 Å². The third-order valence-corrected chi connectivity index (χ3v) is 7.33. The van der Waals surface area contributed by atoms with E-state index < -0.39 is 52.7 Å². The molecule has 0 unspecified atom stereocenters. The predicted molar refractivity (Wildman–Crippen MR) is 122 cm³/mol. The number of hydrogen-bond donors (Lipinski definition) is 1. The van der Waals surface area contributed by atoms with Crippen LogP contribution in [0.2, 0.25) is 5.02 Å². The fraction of sp³-hybridized carbons (Fsp3) is 0.364. The number of halogens is 4. The van der Waals surface area contributed by atoms with E-state index in [9.17, 15) is 31.2 Å². The second kappa shape index (κ2) is 11.2. The first-order valence-electron chi connectivity index (χ1n) is 10.6. The van der Waals surface area contributed by atoms with Gasteiger partial charge in [-0.25, -0.2) is 13.2 Å². The van der Waals surface area contributed by atoms with Crippen LogP contribution in [-0.4, -0.2) is 51.7 Å². The summed E-state index contributed by atoms with van der Waals surface area (Å²) >= 11 is 6.07. The van der Waals surface area contributed by atoms with E-state index in [-0.39, 0.29) is 9.92 Å². The highest BCUT2D eigenvalue weighted by atomic mass is 35.5. The van der Waals surface area contributed by atoms with Crippen molar-refractivity contribution in [1.29, 1.82) is 0 Å². The van der Waals surface area contributed by atoms with E-state index in [1.54, 1.807) is 6.07 Å². The minimum atomic E-state index is -4.77. The number of likely N-dealkylation sites (tertiary alicyclic amines) is 1. The number of sulfonamides is 1. The summed E-state index contributed by atoms with van der Waals surface area (Å²) in [6.45, 7) is -0.378. The third-order valence-electron chi connectivity index (χ3n) is 5.24. The standard InChI is InChI=1S/C22H23ClF3N3O5S/c23-18-10-9-16(22(24,25)26)13-19(18)29(35(32,33)17-7-3-1-4-8-17)14-20(30)27-15-34-21(31)28-11-5-2-6-12-28/h1,3-4,7-10,13H,2,5-6,11-12,14-15H2,(H,27,30). The van der Waals surface area contributed by atoms with E-state index in [4.69, 9.17) is 16.3 Å². The van der Waals surface area contributed by atoms with Crippen LogP contribution in [0.3, 0.4) is 0 Å². The molecule has 1 heterocycles. The fourth-order valence-electron chi connectivity index (χ4n) is 3.43. The molecule has 1 saturated heterocycles. The van der Waals surface area contributed by atoms with Crippen LogP contribution in [0, 0.1) is 0 Å². The molecule has 1 fully saturated rings. The van der Waals surface area contributed by atoms with Crippen molar-refractivity contribution in [2.75, 3.05) is 30.7 Å². The molecule has 0 spiro atoms. The lowest BCUT2D eigenvalue weighted by atomic mass is 10.1. The van der Waals surface area contributed by atoms with E-state index >= 15 is 0 Å². The van der Waals surface area contributed by atoms with Crippen molar-refractivity contribution in [2.45, 2.75) is 30.3 Å². The largest absolute Gasteiger partial charge is 0.428 e. The first-order valence-corrected chi connectivity index (χ1v) is 12.4. The molecule has 0 atom stereocenters. The summed E-state index contributed by atoms with van der Waals surface area (Å²) in [7, 11) is -4.49. The first-order chi connectivity index (χ1) is 16.5. The Hall–Kier alpha value is -2.99. The molecule has 0 bridgehead atoms. The minimum absolute atomic E-state index is 0.252. The Morgan fingerprint density at radius 3 is 2.34 bits per heavy atom. The maximum atomic E-state index is 13.3. The quantitative estimate of drug-likeness (QED) is 0.537. The molecule has 0 aromatic heterocycles. The normalized spacial score (nSPS) is 14.3. The van der Waals surface area contributed by atoms with Gasteiger partial charge in [0.25, 0.3) is 10.0 Å². The SMILES string of the molecule is O=C(CN(c1cc(C(F)(F)F)ccc1Cl)S(=O)(=O)c1ccccc1)NCOC(=O)N1CCCCC1. The molecule has 1 aliphatic heterocycles. The van der Waals surface area contributed by atoms with E-state index in [1.165, 1.54) is 29.2 Å². The van der Waals surface area contributed by atoms with Crippen LogP contribution < -0.4 is 9.62 Å². The predicted octanol–water partition coefficient (Wildman–Crippen LogP) is 4.25. The number of alkyl halides is 3. The number of carbonyl (C=O) groups is 2. The number of anilines is 1. The highest BCUT2D eigenvalue weighted by Gasteiger charge is 2.34. The van der Waals surface area contributed by atoms with Gasteiger partial charge in [0.15, 0.2) is 6.73 Å². The molecular weight excluding hydrogens is 511 g/mol. The van der Waals surface area contributed by atoms with Gasteiger partial charge in [-0.2, -0.15) is 13.2 Å². The molecule has 0 radical (unpaired) electrons. The van der Waals surface area contributed by atoms with Crippen LogP contribution in [0.4, 0.5) is 23.7 Å². The van der Waals surface area contributed by atoms with Gasteiger partial charge in [-0.3, -0.25) is 9.10 Å². The smallest absolute Gasteiger partial charge is 0.416 e. The summed E-state index contributed by atoms with van der Waals surface area (Å²) in [6, 6.07) is 9.07. The molecule has 8 nitrogen and oxygen atoms in total. The Balaban J connectivity index is 1.82. The summed E-state index contributed by atoms with van der Waals surface area (Å²) in [6.07, 6.45) is -2.71. The minimum Gasteiger partial charge on any atom is -0.428 e. The van der Waals surface area contributed by atoms with Crippen molar-refractivity contribution in [3.05, 3.63) is 59.1 Å². The zero-order valence-electron chi connectivity index (χ0n) is 18.4. The molecule has 190 valence electrons. The van der Waals surface area contributed by atoms with Gasteiger partial charge in [-0.15, -0.1) is 0 Å². The number of amides is 2. The van der Waals surface area contributed by atoms with Crippen molar-refractivity contribution >= 4 is 39.3 Å². The first kappa shape index (κ1) is 26.6. The van der Waals surface area contributed by atoms with Gasteiger partial charge in [-0.1, -0.05) is 29.8 Å². The van der Waals surface area contributed by atoms with E-state index in [1.807, 2.05) is 0 Å². The topological polar surface area (TPSA) is 96.0 Å². The number of carbonyl (C=O) groups excluding carboxylic acids is 2. The Kier molecular flexibility index (Phi) is 8.49. The van der Waals surface area contributed by atoms with Gasteiger partial charge in [0.1, 0.15) is 6.54 Å². The van der Waals surface area contributed by atoms with E-state index in [0.29, 0.717) is 29.5 Å². The third kappa shape index (κ3) is 6.79. The summed E-state index contributed by atoms with van der Waals surface area (Å²) < 4.78 is 72.0. The van der Waals surface area contributed by atoms with Gasteiger partial charge in [0.2, 0.25) is 5.91 Å². The van der Waals surface area contributed by atoms with Gasteiger partial charge >= 0.3 is 12.3 Å². The molecule has 0 saturated carbocycles. The monoisotopic (exact) mass is 533 g/mol. The van der Waals surface area contributed by atoms with Crippen molar-refractivity contribution in [3.63, 3.8) is 0 Å². The number of rotatable bonds is 7. The van der Waals surface area contributed by atoms with Crippen LogP contribution >= 0.6 is 11.6 Å². The summed E-state index contributed by atoms with van der Waals surface area (Å²) in [4.78, 5) is 25.9. The summed E-state index contributed by atoms with van der Waals surface area (Å²) in [5.41, 5.74) is -1.66. The fourth-order valence-corrected chi connectivity index (χ4v) is 5.15. The molecule has 3 rings (SSSR count). The second-order valence-corrected chi connectivity index (χ2v) is 9.96. The van der Waals surface area contributed by atoms with E-state index in [2.05, 4.69) is 5.32 Å². The van der Waals surface area contributed by atoms with Crippen LogP contribution in [0.5, 0.6) is 0 Å². The van der Waals surface area contributed by atoms with Gasteiger partial charge < -0.3 is 15.0 Å². The lowest BCUT2D eigenvalue weighted by Crippen LogP contribution is -2.43. The average molecular weight is 534 g/mol.